The lowest BCUT2D eigenvalue weighted by molar-refractivity contribution is -0.122. The number of amides is 2. The van der Waals surface area contributed by atoms with E-state index in [2.05, 4.69) is 5.32 Å². The van der Waals surface area contributed by atoms with E-state index in [9.17, 15) is 9.59 Å². The van der Waals surface area contributed by atoms with Gasteiger partial charge in [0.25, 0.3) is 0 Å². The molecule has 1 aliphatic heterocycles. The number of carbonyl (C=O) groups excluding carboxylic acids is 2. The van der Waals surface area contributed by atoms with Gasteiger partial charge in [-0.3, -0.25) is 9.59 Å². The van der Waals surface area contributed by atoms with Crippen LogP contribution < -0.4 is 15.0 Å². The lowest BCUT2D eigenvalue weighted by atomic mass is 10.1. The molecule has 1 N–H and O–H groups in total. The number of hydrogen-bond acceptors (Lipinski definition) is 3. The first-order chi connectivity index (χ1) is 12.5. The predicted molar refractivity (Wildman–Crippen MR) is 103 cm³/mol. The number of halogens is 1. The zero-order valence-corrected chi connectivity index (χ0v) is 15.5. The maximum atomic E-state index is 12.6. The van der Waals surface area contributed by atoms with Crippen molar-refractivity contribution < 1.29 is 14.3 Å². The number of ether oxygens (including phenoxy) is 1. The quantitative estimate of drug-likeness (QED) is 0.861. The molecule has 3 rings (SSSR count). The Kier molecular flexibility index (Phi) is 5.47. The highest BCUT2D eigenvalue weighted by Crippen LogP contribution is 2.33. The molecule has 2 amide bonds. The summed E-state index contributed by atoms with van der Waals surface area (Å²) in [5.74, 6) is -0.0408. The first-order valence-electron chi connectivity index (χ1n) is 8.58. The van der Waals surface area contributed by atoms with E-state index in [1.54, 1.807) is 17.0 Å². The molecule has 0 spiro atoms. The lowest BCUT2D eigenvalue weighted by Crippen LogP contribution is -2.28. The molecule has 1 atom stereocenters. The summed E-state index contributed by atoms with van der Waals surface area (Å²) in [4.78, 5) is 26.7. The number of hydrogen-bond donors (Lipinski definition) is 1. The van der Waals surface area contributed by atoms with Gasteiger partial charge in [-0.2, -0.15) is 0 Å². The Morgan fingerprint density at radius 1 is 1.31 bits per heavy atom. The van der Waals surface area contributed by atoms with E-state index in [-0.39, 0.29) is 18.2 Å². The van der Waals surface area contributed by atoms with Crippen LogP contribution in [0.25, 0.3) is 0 Å². The van der Waals surface area contributed by atoms with Gasteiger partial charge in [-0.25, -0.2) is 0 Å². The van der Waals surface area contributed by atoms with Crippen LogP contribution >= 0.6 is 11.6 Å². The average molecular weight is 373 g/mol. The predicted octanol–water partition coefficient (Wildman–Crippen LogP) is 4.04. The van der Waals surface area contributed by atoms with Crippen LogP contribution in [-0.4, -0.2) is 25.0 Å². The molecular weight excluding hydrogens is 352 g/mol. The molecule has 1 heterocycles. The summed E-state index contributed by atoms with van der Waals surface area (Å²) in [7, 11) is 0. The minimum absolute atomic E-state index is 0.0840. The third-order valence-electron chi connectivity index (χ3n) is 4.39. The number of benzene rings is 2. The number of anilines is 2. The molecule has 26 heavy (non-hydrogen) atoms. The topological polar surface area (TPSA) is 58.6 Å². The Hall–Kier alpha value is -2.53. The molecule has 6 heteroatoms. The van der Waals surface area contributed by atoms with Gasteiger partial charge in [0.15, 0.2) is 0 Å². The number of nitrogens with zero attached hydrogens (tertiary/aromatic N) is 1. The van der Waals surface area contributed by atoms with Gasteiger partial charge in [0, 0.05) is 23.7 Å². The maximum absolute atomic E-state index is 12.6. The Labute approximate surface area is 157 Å². The third-order valence-corrected chi connectivity index (χ3v) is 4.80. The third kappa shape index (κ3) is 3.83. The molecule has 1 fully saturated rings. The Morgan fingerprint density at radius 2 is 2.08 bits per heavy atom. The minimum atomic E-state index is -0.419. The van der Waals surface area contributed by atoms with Crippen LogP contribution in [0.4, 0.5) is 11.4 Å². The van der Waals surface area contributed by atoms with E-state index in [0.717, 1.165) is 5.56 Å². The fourth-order valence-corrected chi connectivity index (χ4v) is 3.17. The van der Waals surface area contributed by atoms with Gasteiger partial charge in [0.1, 0.15) is 5.75 Å². The number of carbonyl (C=O) groups is 2. The van der Waals surface area contributed by atoms with Gasteiger partial charge in [-0.1, -0.05) is 29.8 Å². The summed E-state index contributed by atoms with van der Waals surface area (Å²) in [6, 6.07) is 12.7. The van der Waals surface area contributed by atoms with Crippen LogP contribution in [0.3, 0.4) is 0 Å². The van der Waals surface area contributed by atoms with Gasteiger partial charge in [0.2, 0.25) is 11.8 Å². The number of nitrogens with one attached hydrogen (secondary N) is 1. The second-order valence-corrected chi connectivity index (χ2v) is 6.67. The number of rotatable bonds is 5. The van der Waals surface area contributed by atoms with Gasteiger partial charge >= 0.3 is 0 Å². The summed E-state index contributed by atoms with van der Waals surface area (Å²) in [5, 5.41) is 3.45. The monoisotopic (exact) mass is 372 g/mol. The van der Waals surface area contributed by atoms with Gasteiger partial charge in [0.05, 0.1) is 18.2 Å². The average Bonchev–Trinajstić information content (AvgIpc) is 3.01. The molecule has 2 aromatic carbocycles. The molecule has 1 aliphatic rings. The van der Waals surface area contributed by atoms with Crippen molar-refractivity contribution >= 4 is 34.8 Å². The molecule has 0 unspecified atom stereocenters. The van der Waals surface area contributed by atoms with Crippen molar-refractivity contribution in [1.82, 2.24) is 0 Å². The van der Waals surface area contributed by atoms with Crippen molar-refractivity contribution in [2.75, 3.05) is 23.4 Å². The van der Waals surface area contributed by atoms with Crippen molar-refractivity contribution in [2.24, 2.45) is 5.92 Å². The second-order valence-electron chi connectivity index (χ2n) is 6.26. The summed E-state index contributed by atoms with van der Waals surface area (Å²) in [5.41, 5.74) is 2.28. The van der Waals surface area contributed by atoms with Crippen molar-refractivity contribution in [1.29, 1.82) is 0 Å². The molecule has 0 radical (unpaired) electrons. The molecule has 0 saturated carbocycles. The Bertz CT molecular complexity index is 838. The van der Waals surface area contributed by atoms with Crippen molar-refractivity contribution in [3.63, 3.8) is 0 Å². The van der Waals surface area contributed by atoms with E-state index in [0.29, 0.717) is 35.3 Å². The second kappa shape index (κ2) is 7.79. The zero-order chi connectivity index (χ0) is 18.7. The van der Waals surface area contributed by atoms with E-state index >= 15 is 0 Å². The van der Waals surface area contributed by atoms with E-state index in [4.69, 9.17) is 16.3 Å². The summed E-state index contributed by atoms with van der Waals surface area (Å²) >= 11 is 6.10. The number of para-hydroxylation sites is 2. The molecular formula is C20H21ClN2O3. The largest absolute Gasteiger partial charge is 0.492 e. The van der Waals surface area contributed by atoms with Gasteiger partial charge in [-0.05, 0) is 43.7 Å². The maximum Gasteiger partial charge on any atom is 0.229 e. The molecule has 0 bridgehead atoms. The molecule has 136 valence electrons. The van der Waals surface area contributed by atoms with E-state index in [1.165, 1.54) is 0 Å². The van der Waals surface area contributed by atoms with Crippen molar-refractivity contribution in [3.05, 3.63) is 53.1 Å². The summed E-state index contributed by atoms with van der Waals surface area (Å²) in [6.45, 7) is 4.63. The van der Waals surface area contributed by atoms with Crippen LogP contribution in [0.1, 0.15) is 18.9 Å². The summed E-state index contributed by atoms with van der Waals surface area (Å²) < 4.78 is 5.60. The first-order valence-corrected chi connectivity index (χ1v) is 8.96. The molecule has 2 aromatic rings. The lowest BCUT2D eigenvalue weighted by Gasteiger charge is -2.20. The molecule has 0 aliphatic carbocycles. The fourth-order valence-electron chi connectivity index (χ4n) is 2.99. The highest BCUT2D eigenvalue weighted by atomic mass is 35.5. The van der Waals surface area contributed by atoms with Crippen molar-refractivity contribution in [2.45, 2.75) is 20.3 Å². The molecule has 1 saturated heterocycles. The van der Waals surface area contributed by atoms with Crippen molar-refractivity contribution in [3.8, 4) is 5.75 Å². The van der Waals surface area contributed by atoms with E-state index in [1.807, 2.05) is 44.2 Å². The SMILES string of the molecule is CCOc1ccccc1N1C[C@@H](C(=O)Nc2ccc(C)c(Cl)c2)CC1=O. The van der Waals surface area contributed by atoms with E-state index < -0.39 is 5.92 Å². The van der Waals surface area contributed by atoms with Crippen LogP contribution in [0.5, 0.6) is 5.75 Å². The van der Waals surface area contributed by atoms with Crippen LogP contribution in [0.2, 0.25) is 5.02 Å². The van der Waals surface area contributed by atoms with Crippen LogP contribution in [0.15, 0.2) is 42.5 Å². The normalized spacial score (nSPS) is 16.7. The first kappa shape index (κ1) is 18.3. The minimum Gasteiger partial charge on any atom is -0.492 e. The van der Waals surface area contributed by atoms with Gasteiger partial charge in [-0.15, -0.1) is 0 Å². The van der Waals surface area contributed by atoms with Gasteiger partial charge < -0.3 is 15.0 Å². The highest BCUT2D eigenvalue weighted by molar-refractivity contribution is 6.31. The van der Waals surface area contributed by atoms with Crippen LogP contribution in [0, 0.1) is 12.8 Å². The summed E-state index contributed by atoms with van der Waals surface area (Å²) in [6.07, 6.45) is 0.173. The zero-order valence-electron chi connectivity index (χ0n) is 14.8. The standard InChI is InChI=1S/C20H21ClN2O3/c1-3-26-18-7-5-4-6-17(18)23-12-14(10-19(23)24)20(25)22-15-9-8-13(2)16(21)11-15/h4-9,11,14H,3,10,12H2,1-2H3,(H,22,25)/t14-/m0/s1. The Morgan fingerprint density at radius 3 is 2.81 bits per heavy atom. The number of aryl methyl sites for hydroxylation is 1. The highest BCUT2D eigenvalue weighted by Gasteiger charge is 2.36. The van der Waals surface area contributed by atoms with Crippen LogP contribution in [-0.2, 0) is 9.59 Å². The fraction of sp³-hybridized carbons (Fsp3) is 0.300. The smallest absolute Gasteiger partial charge is 0.229 e. The Balaban J connectivity index is 1.73. The molecule has 5 nitrogen and oxygen atoms in total. The molecule has 0 aromatic heterocycles.